The van der Waals surface area contributed by atoms with E-state index in [-0.39, 0.29) is 18.3 Å². The number of hydrogen-bond donors (Lipinski definition) is 2. The first kappa shape index (κ1) is 22.3. The number of aromatic nitrogens is 3. The van der Waals surface area contributed by atoms with E-state index >= 15 is 0 Å². The van der Waals surface area contributed by atoms with Crippen LogP contribution >= 0.6 is 0 Å². The average molecular weight is 448 g/mol. The summed E-state index contributed by atoms with van der Waals surface area (Å²) in [5.41, 5.74) is 2.81. The third kappa shape index (κ3) is 5.46. The van der Waals surface area contributed by atoms with Gasteiger partial charge in [0.2, 0.25) is 0 Å². The van der Waals surface area contributed by atoms with E-state index in [1.54, 1.807) is 0 Å². The number of nitrogens with zero attached hydrogens (tertiary/aromatic N) is 3. The molecule has 1 amide bonds. The molecule has 33 heavy (non-hydrogen) atoms. The number of fused-ring (bicyclic) bond motifs is 1. The van der Waals surface area contributed by atoms with Gasteiger partial charge in [0.15, 0.2) is 6.61 Å². The number of para-hydroxylation sites is 1. The Morgan fingerprint density at radius 1 is 1.15 bits per heavy atom. The number of aromatic amines is 1. The Morgan fingerprint density at radius 3 is 2.67 bits per heavy atom. The molecule has 2 aromatic carbocycles. The summed E-state index contributed by atoms with van der Waals surface area (Å²) < 4.78 is 18.6. The van der Waals surface area contributed by atoms with E-state index < -0.39 is 6.04 Å². The summed E-state index contributed by atoms with van der Waals surface area (Å²) >= 11 is 0. The Kier molecular flexibility index (Phi) is 6.53. The number of benzene rings is 2. The molecule has 0 fully saturated rings. The van der Waals surface area contributed by atoms with Crippen molar-refractivity contribution in [1.29, 1.82) is 0 Å². The van der Waals surface area contributed by atoms with Gasteiger partial charge in [0.05, 0.1) is 11.7 Å². The first-order valence-corrected chi connectivity index (χ1v) is 10.6. The lowest BCUT2D eigenvalue weighted by molar-refractivity contribution is -0.123. The highest BCUT2D eigenvalue weighted by molar-refractivity contribution is 5.83. The van der Waals surface area contributed by atoms with E-state index in [2.05, 4.69) is 20.3 Å². The fourth-order valence-electron chi connectivity index (χ4n) is 3.65. The molecule has 8 heteroatoms. The van der Waals surface area contributed by atoms with E-state index in [1.807, 2.05) is 62.4 Å². The molecular formula is C25H26FN5O2. The predicted molar refractivity (Wildman–Crippen MR) is 126 cm³/mol. The maximum absolute atomic E-state index is 13.1. The minimum atomic E-state index is -0.395. The number of ether oxygens (including phenoxy) is 1. The Morgan fingerprint density at radius 2 is 1.91 bits per heavy atom. The standard InChI is InChI=1S/C25H26FN5O2/c1-16-28-23(13-24(29-16)31(2)3)22(12-17-14-27-21-7-5-4-6-20(17)21)30-25(32)15-33-19-10-8-18(26)9-11-19/h4-11,13-14,22,27H,12,15H2,1-3H3,(H,30,32)/t22-/m1/s1. The van der Waals surface area contributed by atoms with Gasteiger partial charge in [0, 0.05) is 43.7 Å². The highest BCUT2D eigenvalue weighted by Crippen LogP contribution is 2.25. The Labute approximate surface area is 191 Å². The Balaban J connectivity index is 1.58. The van der Waals surface area contributed by atoms with Gasteiger partial charge < -0.3 is 19.9 Å². The number of amides is 1. The van der Waals surface area contributed by atoms with Gasteiger partial charge in [-0.3, -0.25) is 4.79 Å². The van der Waals surface area contributed by atoms with E-state index in [9.17, 15) is 9.18 Å². The summed E-state index contributed by atoms with van der Waals surface area (Å²) in [5.74, 6) is 1.15. The van der Waals surface area contributed by atoms with Gasteiger partial charge in [-0.25, -0.2) is 14.4 Å². The quantitative estimate of drug-likeness (QED) is 0.427. The SMILES string of the molecule is Cc1nc([C@@H](Cc2c[nH]c3ccccc23)NC(=O)COc2ccc(F)cc2)cc(N(C)C)n1. The van der Waals surface area contributed by atoms with Crippen molar-refractivity contribution >= 4 is 22.6 Å². The summed E-state index contributed by atoms with van der Waals surface area (Å²) in [4.78, 5) is 27.1. The summed E-state index contributed by atoms with van der Waals surface area (Å²) in [6.45, 7) is 1.64. The summed E-state index contributed by atoms with van der Waals surface area (Å²) in [5, 5.41) is 4.15. The van der Waals surface area contributed by atoms with Crippen LogP contribution in [-0.4, -0.2) is 41.6 Å². The van der Waals surface area contributed by atoms with Crippen molar-refractivity contribution < 1.29 is 13.9 Å². The van der Waals surface area contributed by atoms with Crippen molar-refractivity contribution in [2.45, 2.75) is 19.4 Å². The van der Waals surface area contributed by atoms with Gasteiger partial charge in [-0.1, -0.05) is 18.2 Å². The minimum Gasteiger partial charge on any atom is -0.484 e. The molecule has 0 saturated heterocycles. The smallest absolute Gasteiger partial charge is 0.258 e. The molecule has 0 spiro atoms. The van der Waals surface area contributed by atoms with Crippen LogP contribution in [0.25, 0.3) is 10.9 Å². The third-order valence-corrected chi connectivity index (χ3v) is 5.28. The van der Waals surface area contributed by atoms with Gasteiger partial charge in [0.25, 0.3) is 5.91 Å². The van der Waals surface area contributed by atoms with Crippen molar-refractivity contribution in [2.24, 2.45) is 0 Å². The number of anilines is 1. The highest BCUT2D eigenvalue weighted by Gasteiger charge is 2.21. The van der Waals surface area contributed by atoms with Gasteiger partial charge in [-0.2, -0.15) is 0 Å². The lowest BCUT2D eigenvalue weighted by atomic mass is 10.0. The number of aryl methyl sites for hydroxylation is 1. The largest absolute Gasteiger partial charge is 0.484 e. The molecule has 4 aromatic rings. The number of hydrogen-bond acceptors (Lipinski definition) is 5. The van der Waals surface area contributed by atoms with Crippen LogP contribution in [0.2, 0.25) is 0 Å². The zero-order valence-electron chi connectivity index (χ0n) is 18.8. The second kappa shape index (κ2) is 9.68. The normalized spacial score (nSPS) is 11.9. The van der Waals surface area contributed by atoms with E-state index in [4.69, 9.17) is 4.74 Å². The van der Waals surface area contributed by atoms with Crippen molar-refractivity contribution in [3.05, 3.63) is 83.7 Å². The molecule has 7 nitrogen and oxygen atoms in total. The number of rotatable bonds is 8. The maximum atomic E-state index is 13.1. The van der Waals surface area contributed by atoms with E-state index in [1.165, 1.54) is 24.3 Å². The van der Waals surface area contributed by atoms with Gasteiger partial charge in [-0.15, -0.1) is 0 Å². The molecule has 2 aromatic heterocycles. The van der Waals surface area contributed by atoms with Crippen LogP contribution in [-0.2, 0) is 11.2 Å². The van der Waals surface area contributed by atoms with Crippen LogP contribution in [0.5, 0.6) is 5.75 Å². The first-order valence-electron chi connectivity index (χ1n) is 10.6. The monoisotopic (exact) mass is 447 g/mol. The molecule has 1 atom stereocenters. The second-order valence-corrected chi connectivity index (χ2v) is 8.02. The zero-order chi connectivity index (χ0) is 23.4. The number of carbonyl (C=O) groups is 1. The fraction of sp³-hybridized carbons (Fsp3) is 0.240. The van der Waals surface area contributed by atoms with Crippen LogP contribution in [0.1, 0.15) is 23.1 Å². The zero-order valence-corrected chi connectivity index (χ0v) is 18.8. The predicted octanol–water partition coefficient (Wildman–Crippen LogP) is 3.95. The summed E-state index contributed by atoms with van der Waals surface area (Å²) in [6.07, 6.45) is 2.50. The molecule has 0 radical (unpaired) electrons. The van der Waals surface area contributed by atoms with Crippen molar-refractivity contribution in [2.75, 3.05) is 25.6 Å². The van der Waals surface area contributed by atoms with Gasteiger partial charge in [0.1, 0.15) is 23.2 Å². The van der Waals surface area contributed by atoms with E-state index in [0.717, 1.165) is 22.3 Å². The van der Waals surface area contributed by atoms with Gasteiger partial charge >= 0.3 is 0 Å². The van der Waals surface area contributed by atoms with Crippen LogP contribution in [0, 0.1) is 12.7 Å². The minimum absolute atomic E-state index is 0.194. The lowest BCUT2D eigenvalue weighted by Crippen LogP contribution is -2.34. The Hall–Kier alpha value is -3.94. The number of carbonyl (C=O) groups excluding carboxylic acids is 1. The molecule has 0 aliphatic carbocycles. The molecule has 0 aliphatic heterocycles. The molecule has 0 saturated carbocycles. The molecular weight excluding hydrogens is 421 g/mol. The summed E-state index contributed by atoms with van der Waals surface area (Å²) in [7, 11) is 3.82. The van der Waals surface area contributed by atoms with E-state index in [0.29, 0.717) is 23.7 Å². The highest BCUT2D eigenvalue weighted by atomic mass is 19.1. The second-order valence-electron chi connectivity index (χ2n) is 8.02. The first-order chi connectivity index (χ1) is 15.9. The third-order valence-electron chi connectivity index (χ3n) is 5.28. The lowest BCUT2D eigenvalue weighted by Gasteiger charge is -2.21. The van der Waals surface area contributed by atoms with Crippen LogP contribution in [0.15, 0.2) is 60.8 Å². The van der Waals surface area contributed by atoms with Crippen molar-refractivity contribution in [3.63, 3.8) is 0 Å². The maximum Gasteiger partial charge on any atom is 0.258 e. The van der Waals surface area contributed by atoms with Crippen LogP contribution < -0.4 is 15.0 Å². The molecule has 2 heterocycles. The molecule has 4 rings (SSSR count). The average Bonchev–Trinajstić information content (AvgIpc) is 3.20. The van der Waals surface area contributed by atoms with Crippen LogP contribution in [0.4, 0.5) is 10.2 Å². The number of halogens is 1. The fourth-order valence-corrected chi connectivity index (χ4v) is 3.65. The van der Waals surface area contributed by atoms with Crippen molar-refractivity contribution in [1.82, 2.24) is 20.3 Å². The topological polar surface area (TPSA) is 83.1 Å². The number of nitrogens with one attached hydrogen (secondary N) is 2. The molecule has 0 aliphatic rings. The van der Waals surface area contributed by atoms with Crippen molar-refractivity contribution in [3.8, 4) is 5.75 Å². The molecule has 0 unspecified atom stereocenters. The molecule has 2 N–H and O–H groups in total. The van der Waals surface area contributed by atoms with Gasteiger partial charge in [-0.05, 0) is 42.8 Å². The Bertz CT molecular complexity index is 1250. The molecule has 170 valence electrons. The molecule has 0 bridgehead atoms. The number of H-pyrrole nitrogens is 1. The summed E-state index contributed by atoms with van der Waals surface area (Å²) in [6, 6.07) is 15.1. The van der Waals surface area contributed by atoms with Crippen LogP contribution in [0.3, 0.4) is 0 Å².